The van der Waals surface area contributed by atoms with Crippen molar-refractivity contribution < 1.29 is 22.7 Å². The number of halogens is 3. The Bertz CT molecular complexity index is 577. The van der Waals surface area contributed by atoms with Crippen LogP contribution >= 0.6 is 11.8 Å². The second kappa shape index (κ2) is 6.00. The van der Waals surface area contributed by atoms with E-state index in [0.717, 1.165) is 0 Å². The maximum atomic E-state index is 12.2. The summed E-state index contributed by atoms with van der Waals surface area (Å²) < 4.78 is 41.9. The number of aldehydes is 1. The molecule has 0 unspecified atom stereocenters. The fourth-order valence-electron chi connectivity index (χ4n) is 1.46. The van der Waals surface area contributed by atoms with E-state index in [2.05, 4.69) is 0 Å². The quantitative estimate of drug-likeness (QED) is 0.593. The summed E-state index contributed by atoms with van der Waals surface area (Å²) in [5.74, 6) is 0.933. The van der Waals surface area contributed by atoms with Crippen LogP contribution in [0.25, 0.3) is 0 Å². The van der Waals surface area contributed by atoms with Crippen LogP contribution in [0.1, 0.15) is 10.4 Å². The Balaban J connectivity index is 2.04. The zero-order valence-corrected chi connectivity index (χ0v) is 10.9. The van der Waals surface area contributed by atoms with Gasteiger partial charge in [-0.2, -0.15) is 13.2 Å². The van der Waals surface area contributed by atoms with Gasteiger partial charge in [0.25, 0.3) is 0 Å². The lowest BCUT2D eigenvalue weighted by molar-refractivity contribution is -0.0328. The first-order valence-corrected chi connectivity index (χ1v) is 6.37. The van der Waals surface area contributed by atoms with E-state index in [9.17, 15) is 18.0 Å². The van der Waals surface area contributed by atoms with Gasteiger partial charge in [0, 0.05) is 10.5 Å². The van der Waals surface area contributed by atoms with Gasteiger partial charge in [0.2, 0.25) is 0 Å². The highest BCUT2D eigenvalue weighted by molar-refractivity contribution is 8.00. The summed E-state index contributed by atoms with van der Waals surface area (Å²) in [6, 6.07) is 12.0. The molecule has 6 heteroatoms. The lowest BCUT2D eigenvalue weighted by Gasteiger charge is -2.08. The molecule has 0 fully saturated rings. The Hall–Kier alpha value is -1.95. The van der Waals surface area contributed by atoms with Crippen LogP contribution in [0.3, 0.4) is 0 Å². The number of thioether (sulfide) groups is 1. The maximum Gasteiger partial charge on any atom is 0.446 e. The summed E-state index contributed by atoms with van der Waals surface area (Å²) in [7, 11) is 0. The smallest absolute Gasteiger partial charge is 0.446 e. The molecule has 0 bridgehead atoms. The van der Waals surface area contributed by atoms with Gasteiger partial charge in [-0.05, 0) is 60.3 Å². The van der Waals surface area contributed by atoms with Gasteiger partial charge in [-0.25, -0.2) is 0 Å². The molecule has 104 valence electrons. The summed E-state index contributed by atoms with van der Waals surface area (Å²) >= 11 is -0.174. The highest BCUT2D eigenvalue weighted by atomic mass is 32.2. The molecule has 0 N–H and O–H groups in total. The molecule has 2 aromatic rings. The first-order valence-electron chi connectivity index (χ1n) is 5.55. The van der Waals surface area contributed by atoms with Crippen LogP contribution in [0.2, 0.25) is 0 Å². The molecule has 0 aliphatic carbocycles. The van der Waals surface area contributed by atoms with Crippen molar-refractivity contribution in [2.24, 2.45) is 0 Å². The molecule has 0 heterocycles. The molecule has 2 aromatic carbocycles. The minimum atomic E-state index is -4.30. The third-order valence-electron chi connectivity index (χ3n) is 2.31. The molecular formula is C14H9F3O2S. The van der Waals surface area contributed by atoms with E-state index < -0.39 is 5.51 Å². The maximum absolute atomic E-state index is 12.2. The zero-order valence-electron chi connectivity index (χ0n) is 10.1. The fourth-order valence-corrected chi connectivity index (χ4v) is 2.00. The van der Waals surface area contributed by atoms with Gasteiger partial charge in [-0.15, -0.1) is 0 Å². The van der Waals surface area contributed by atoms with Crippen molar-refractivity contribution in [3.8, 4) is 11.5 Å². The van der Waals surface area contributed by atoms with E-state index >= 15 is 0 Å². The van der Waals surface area contributed by atoms with E-state index in [1.54, 1.807) is 24.3 Å². The summed E-state index contributed by atoms with van der Waals surface area (Å²) in [6.07, 6.45) is 0.715. The average molecular weight is 298 g/mol. The topological polar surface area (TPSA) is 26.3 Å². The predicted molar refractivity (Wildman–Crippen MR) is 70.3 cm³/mol. The lowest BCUT2D eigenvalue weighted by atomic mass is 10.2. The van der Waals surface area contributed by atoms with Crippen molar-refractivity contribution in [1.82, 2.24) is 0 Å². The second-order valence-corrected chi connectivity index (χ2v) is 4.95. The molecule has 0 aliphatic rings. The van der Waals surface area contributed by atoms with Gasteiger partial charge < -0.3 is 4.74 Å². The third kappa shape index (κ3) is 4.31. The van der Waals surface area contributed by atoms with Crippen molar-refractivity contribution in [3.05, 3.63) is 54.1 Å². The zero-order chi connectivity index (χ0) is 14.6. The number of hydrogen-bond donors (Lipinski definition) is 0. The van der Waals surface area contributed by atoms with E-state index in [1.165, 1.54) is 24.3 Å². The Morgan fingerprint density at radius 3 is 1.85 bits per heavy atom. The Morgan fingerprint density at radius 2 is 1.40 bits per heavy atom. The Labute approximate surface area is 117 Å². The largest absolute Gasteiger partial charge is 0.457 e. The second-order valence-electron chi connectivity index (χ2n) is 3.81. The number of hydrogen-bond acceptors (Lipinski definition) is 3. The van der Waals surface area contributed by atoms with Crippen LogP contribution in [0, 0.1) is 0 Å². The minimum absolute atomic E-state index is 0.0983. The number of rotatable bonds is 4. The van der Waals surface area contributed by atoms with Crippen molar-refractivity contribution in [2.75, 3.05) is 0 Å². The number of carbonyl (C=O) groups excluding carboxylic acids is 1. The molecule has 0 saturated heterocycles. The Morgan fingerprint density at radius 1 is 0.900 bits per heavy atom. The van der Waals surface area contributed by atoms with Crippen LogP contribution in [-0.2, 0) is 0 Å². The minimum Gasteiger partial charge on any atom is -0.457 e. The number of carbonyl (C=O) groups is 1. The van der Waals surface area contributed by atoms with Gasteiger partial charge in [0.15, 0.2) is 0 Å². The normalized spacial score (nSPS) is 11.2. The Kier molecular flexibility index (Phi) is 4.34. The van der Waals surface area contributed by atoms with Crippen molar-refractivity contribution in [1.29, 1.82) is 0 Å². The van der Waals surface area contributed by atoms with Crippen LogP contribution in [0.15, 0.2) is 53.4 Å². The molecule has 0 radical (unpaired) electrons. The molecule has 0 atom stereocenters. The fraction of sp³-hybridized carbons (Fsp3) is 0.0714. The van der Waals surface area contributed by atoms with Gasteiger partial charge in [-0.1, -0.05) is 0 Å². The molecule has 2 rings (SSSR count). The lowest BCUT2D eigenvalue weighted by Crippen LogP contribution is -1.98. The van der Waals surface area contributed by atoms with E-state index in [1.807, 2.05) is 0 Å². The molecule has 20 heavy (non-hydrogen) atoms. The van der Waals surface area contributed by atoms with E-state index in [-0.39, 0.29) is 16.7 Å². The van der Waals surface area contributed by atoms with Gasteiger partial charge in [0.05, 0.1) is 0 Å². The molecule has 0 aliphatic heterocycles. The summed E-state index contributed by atoms with van der Waals surface area (Å²) in [6.45, 7) is 0. The van der Waals surface area contributed by atoms with Crippen molar-refractivity contribution >= 4 is 18.0 Å². The first-order chi connectivity index (χ1) is 9.46. The summed E-state index contributed by atoms with van der Waals surface area (Å²) in [4.78, 5) is 10.6. The number of ether oxygens (including phenoxy) is 1. The van der Waals surface area contributed by atoms with Crippen molar-refractivity contribution in [2.45, 2.75) is 10.4 Å². The van der Waals surface area contributed by atoms with Gasteiger partial charge in [-0.3, -0.25) is 4.79 Å². The number of alkyl halides is 3. The third-order valence-corrected chi connectivity index (χ3v) is 3.05. The highest BCUT2D eigenvalue weighted by Crippen LogP contribution is 2.37. The van der Waals surface area contributed by atoms with Crippen molar-refractivity contribution in [3.63, 3.8) is 0 Å². The SMILES string of the molecule is O=Cc1ccc(Oc2ccc(SC(F)(F)F)cc2)cc1. The molecule has 0 amide bonds. The van der Waals surface area contributed by atoms with E-state index in [0.29, 0.717) is 23.3 Å². The van der Waals surface area contributed by atoms with E-state index in [4.69, 9.17) is 4.74 Å². The summed E-state index contributed by atoms with van der Waals surface area (Å²) in [5.41, 5.74) is -3.78. The summed E-state index contributed by atoms with van der Waals surface area (Å²) in [5, 5.41) is 0. The van der Waals surface area contributed by atoms with Crippen LogP contribution in [0.5, 0.6) is 11.5 Å². The van der Waals surface area contributed by atoms with Crippen LogP contribution in [0.4, 0.5) is 13.2 Å². The molecule has 0 aromatic heterocycles. The highest BCUT2D eigenvalue weighted by Gasteiger charge is 2.29. The van der Waals surface area contributed by atoms with Gasteiger partial charge >= 0.3 is 5.51 Å². The van der Waals surface area contributed by atoms with Crippen LogP contribution in [-0.4, -0.2) is 11.8 Å². The molecule has 0 saturated carbocycles. The average Bonchev–Trinajstić information content (AvgIpc) is 2.40. The molecule has 0 spiro atoms. The monoisotopic (exact) mass is 298 g/mol. The van der Waals surface area contributed by atoms with Crippen LogP contribution < -0.4 is 4.74 Å². The standard InChI is InChI=1S/C14H9F3O2S/c15-14(16,17)20-13-7-5-12(6-8-13)19-11-3-1-10(9-18)2-4-11/h1-9H. The predicted octanol–water partition coefficient (Wildman–Crippen LogP) is 4.90. The first kappa shape index (κ1) is 14.5. The number of benzene rings is 2. The van der Waals surface area contributed by atoms with Gasteiger partial charge in [0.1, 0.15) is 17.8 Å². The molecular weight excluding hydrogens is 289 g/mol. The molecule has 2 nitrogen and oxygen atoms in total.